The molecule has 0 aliphatic heterocycles. The number of nitrogens with zero attached hydrogens (tertiary/aromatic N) is 1. The van der Waals surface area contributed by atoms with E-state index in [1.54, 1.807) is 6.92 Å². The molecule has 2 amide bonds. The minimum Gasteiger partial charge on any atom is -0.480 e. The first-order chi connectivity index (χ1) is 9.46. The Labute approximate surface area is 118 Å². The third kappa shape index (κ3) is 6.93. The normalized spacial score (nSPS) is 11.6. The molecule has 0 fully saturated rings. The van der Waals surface area contributed by atoms with Crippen LogP contribution in [0.4, 0.5) is 4.79 Å². The van der Waals surface area contributed by atoms with Gasteiger partial charge in [0.1, 0.15) is 6.04 Å². The number of carbonyl (C=O) groups excluding carboxylic acids is 2. The van der Waals surface area contributed by atoms with Gasteiger partial charge >= 0.3 is 18.0 Å². The number of methoxy groups -OCH3 is 2. The summed E-state index contributed by atoms with van der Waals surface area (Å²) in [6.07, 6.45) is 0.313. The number of urea groups is 1. The van der Waals surface area contributed by atoms with Crippen molar-refractivity contribution in [2.24, 2.45) is 0 Å². The highest BCUT2D eigenvalue weighted by atomic mass is 16.5. The lowest BCUT2D eigenvalue weighted by atomic mass is 10.2. The molecule has 0 aromatic rings. The van der Waals surface area contributed by atoms with Gasteiger partial charge in [-0.1, -0.05) is 6.92 Å². The highest BCUT2D eigenvalue weighted by Crippen LogP contribution is 1.98. The average molecular weight is 290 g/mol. The van der Waals surface area contributed by atoms with Crippen molar-refractivity contribution >= 4 is 18.0 Å². The van der Waals surface area contributed by atoms with Crippen molar-refractivity contribution in [3.63, 3.8) is 0 Å². The molecule has 0 aliphatic carbocycles. The molecule has 0 saturated carbocycles. The number of esters is 1. The summed E-state index contributed by atoms with van der Waals surface area (Å²) in [7, 11) is 2.75. The van der Waals surface area contributed by atoms with E-state index in [1.165, 1.54) is 19.1 Å². The number of carboxylic acid groups (broad SMARTS) is 1. The Morgan fingerprint density at radius 1 is 1.25 bits per heavy atom. The van der Waals surface area contributed by atoms with E-state index in [9.17, 15) is 14.4 Å². The number of hydrogen-bond acceptors (Lipinski definition) is 5. The molecular weight excluding hydrogens is 268 g/mol. The van der Waals surface area contributed by atoms with Crippen LogP contribution in [0.3, 0.4) is 0 Å². The van der Waals surface area contributed by atoms with Gasteiger partial charge in [-0.05, 0) is 6.42 Å². The summed E-state index contributed by atoms with van der Waals surface area (Å²) in [6, 6.07) is -1.49. The fraction of sp³-hybridized carbons (Fsp3) is 0.750. The number of rotatable bonds is 9. The van der Waals surface area contributed by atoms with E-state index in [0.29, 0.717) is 6.61 Å². The number of aliphatic carboxylic acids is 1. The zero-order chi connectivity index (χ0) is 15.5. The maximum Gasteiger partial charge on any atom is 0.326 e. The predicted molar refractivity (Wildman–Crippen MR) is 70.3 cm³/mol. The van der Waals surface area contributed by atoms with Crippen LogP contribution in [0.25, 0.3) is 0 Å². The maximum absolute atomic E-state index is 12.0. The van der Waals surface area contributed by atoms with Crippen LogP contribution in [-0.2, 0) is 19.1 Å². The van der Waals surface area contributed by atoms with Gasteiger partial charge in [-0.2, -0.15) is 0 Å². The first-order valence-electron chi connectivity index (χ1n) is 6.30. The second-order valence-corrected chi connectivity index (χ2v) is 4.05. The highest BCUT2D eigenvalue weighted by Gasteiger charge is 2.21. The summed E-state index contributed by atoms with van der Waals surface area (Å²) in [5, 5.41) is 11.3. The molecular formula is C12H22N2O6. The third-order valence-corrected chi connectivity index (χ3v) is 2.67. The molecule has 0 unspecified atom stereocenters. The molecule has 0 rings (SSSR count). The van der Waals surface area contributed by atoms with Crippen LogP contribution in [0.1, 0.15) is 19.8 Å². The Morgan fingerprint density at radius 2 is 1.90 bits per heavy atom. The van der Waals surface area contributed by atoms with Crippen LogP contribution in [0.5, 0.6) is 0 Å². The molecule has 0 spiro atoms. The number of amides is 2. The molecule has 116 valence electrons. The molecule has 0 heterocycles. The van der Waals surface area contributed by atoms with Crippen LogP contribution >= 0.6 is 0 Å². The van der Waals surface area contributed by atoms with Gasteiger partial charge in [0.25, 0.3) is 0 Å². The van der Waals surface area contributed by atoms with Crippen molar-refractivity contribution in [2.75, 3.05) is 33.9 Å². The molecule has 0 radical (unpaired) electrons. The van der Waals surface area contributed by atoms with Gasteiger partial charge < -0.3 is 24.8 Å². The fourth-order valence-corrected chi connectivity index (χ4v) is 1.42. The van der Waals surface area contributed by atoms with Crippen molar-refractivity contribution < 1.29 is 29.0 Å². The molecule has 20 heavy (non-hydrogen) atoms. The largest absolute Gasteiger partial charge is 0.480 e. The first kappa shape index (κ1) is 18.2. The van der Waals surface area contributed by atoms with Gasteiger partial charge in [0.2, 0.25) is 0 Å². The molecule has 0 aromatic heterocycles. The van der Waals surface area contributed by atoms with E-state index in [2.05, 4.69) is 10.1 Å². The molecule has 0 bridgehead atoms. The Hall–Kier alpha value is -1.83. The van der Waals surface area contributed by atoms with E-state index in [0.717, 1.165) is 0 Å². The summed E-state index contributed by atoms with van der Waals surface area (Å²) >= 11 is 0. The van der Waals surface area contributed by atoms with Gasteiger partial charge in [-0.15, -0.1) is 0 Å². The summed E-state index contributed by atoms with van der Waals surface area (Å²) < 4.78 is 9.38. The number of carboxylic acids is 1. The molecule has 2 N–H and O–H groups in total. The molecule has 0 aliphatic rings. The Bertz CT molecular complexity index is 334. The van der Waals surface area contributed by atoms with Crippen molar-refractivity contribution in [1.82, 2.24) is 10.2 Å². The van der Waals surface area contributed by atoms with Gasteiger partial charge in [0, 0.05) is 20.2 Å². The Kier molecular flexibility index (Phi) is 9.10. The smallest absolute Gasteiger partial charge is 0.326 e. The second kappa shape index (κ2) is 10.0. The van der Waals surface area contributed by atoms with Crippen LogP contribution in [0, 0.1) is 0 Å². The lowest BCUT2D eigenvalue weighted by molar-refractivity contribution is -0.141. The number of ether oxygens (including phenoxy) is 2. The number of carbonyl (C=O) groups is 3. The lowest BCUT2D eigenvalue weighted by Gasteiger charge is -2.24. The van der Waals surface area contributed by atoms with Crippen LogP contribution in [0.2, 0.25) is 0 Å². The Balaban J connectivity index is 4.53. The molecule has 0 aromatic carbocycles. The minimum absolute atomic E-state index is 0.0392. The summed E-state index contributed by atoms with van der Waals surface area (Å²) in [6.45, 7) is 2.35. The van der Waals surface area contributed by atoms with E-state index < -0.39 is 24.0 Å². The molecule has 0 saturated heterocycles. The number of nitrogens with one attached hydrogen (secondary N) is 1. The molecule has 1 atom stereocenters. The zero-order valence-electron chi connectivity index (χ0n) is 12.0. The lowest BCUT2D eigenvalue weighted by Crippen LogP contribution is -2.49. The van der Waals surface area contributed by atoms with Crippen molar-refractivity contribution in [3.05, 3.63) is 0 Å². The van der Waals surface area contributed by atoms with Gasteiger partial charge in [-0.25, -0.2) is 9.59 Å². The average Bonchev–Trinajstić information content (AvgIpc) is 2.43. The predicted octanol–water partition coefficient (Wildman–Crippen LogP) is 0.0707. The highest BCUT2D eigenvalue weighted by molar-refractivity contribution is 5.82. The minimum atomic E-state index is -1.10. The van der Waals surface area contributed by atoms with Crippen molar-refractivity contribution in [2.45, 2.75) is 25.8 Å². The summed E-state index contributed by atoms with van der Waals surface area (Å²) in [5.41, 5.74) is 0. The second-order valence-electron chi connectivity index (χ2n) is 4.05. The van der Waals surface area contributed by atoms with Crippen molar-refractivity contribution in [1.29, 1.82) is 0 Å². The monoisotopic (exact) mass is 290 g/mol. The van der Waals surface area contributed by atoms with E-state index in [1.807, 2.05) is 0 Å². The van der Waals surface area contributed by atoms with E-state index in [-0.39, 0.29) is 25.9 Å². The van der Waals surface area contributed by atoms with Crippen LogP contribution in [0.15, 0.2) is 0 Å². The zero-order valence-corrected chi connectivity index (χ0v) is 12.0. The Morgan fingerprint density at radius 3 is 2.35 bits per heavy atom. The molecule has 8 nitrogen and oxygen atoms in total. The van der Waals surface area contributed by atoms with Crippen molar-refractivity contribution in [3.8, 4) is 0 Å². The van der Waals surface area contributed by atoms with Crippen LogP contribution in [-0.4, -0.2) is 67.9 Å². The topological polar surface area (TPSA) is 105 Å². The summed E-state index contributed by atoms with van der Waals surface area (Å²) in [4.78, 5) is 35.3. The first-order valence-corrected chi connectivity index (χ1v) is 6.30. The fourth-order valence-electron chi connectivity index (χ4n) is 1.42. The third-order valence-electron chi connectivity index (χ3n) is 2.67. The van der Waals surface area contributed by atoms with E-state index in [4.69, 9.17) is 9.84 Å². The van der Waals surface area contributed by atoms with Gasteiger partial charge in [0.05, 0.1) is 20.1 Å². The standard InChI is InChI=1S/C12H22N2O6/c1-4-9(11(16)17)13-12(18)14(7-8-19-2)6-5-10(15)20-3/h9H,4-8H2,1-3H3,(H,13,18)(H,16,17)/t9-/m1/s1. The summed E-state index contributed by atoms with van der Waals surface area (Å²) in [5.74, 6) is -1.54. The maximum atomic E-state index is 12.0. The van der Waals surface area contributed by atoms with Gasteiger partial charge in [0.15, 0.2) is 0 Å². The number of hydrogen-bond donors (Lipinski definition) is 2. The van der Waals surface area contributed by atoms with E-state index >= 15 is 0 Å². The quantitative estimate of drug-likeness (QED) is 0.582. The SMILES string of the molecule is CC[C@@H](NC(=O)N(CCOC)CCC(=O)OC)C(=O)O. The van der Waals surface area contributed by atoms with Crippen LogP contribution < -0.4 is 5.32 Å². The molecule has 8 heteroatoms. The van der Waals surface area contributed by atoms with Gasteiger partial charge in [-0.3, -0.25) is 4.79 Å².